The van der Waals surface area contributed by atoms with Gasteiger partial charge in [0.2, 0.25) is 11.5 Å². The summed E-state index contributed by atoms with van der Waals surface area (Å²) in [7, 11) is -3.75. The van der Waals surface area contributed by atoms with Crippen molar-refractivity contribution in [3.63, 3.8) is 0 Å². The van der Waals surface area contributed by atoms with Gasteiger partial charge in [-0.15, -0.1) is 4.51 Å². The van der Waals surface area contributed by atoms with E-state index in [0.29, 0.717) is 31.5 Å². The monoisotopic (exact) mass is 723 g/mol. The molecule has 14 heteroatoms. The molecule has 11 nitrogen and oxygen atoms in total. The van der Waals surface area contributed by atoms with Gasteiger partial charge in [-0.3, -0.25) is 0 Å². The molecule has 0 fully saturated rings. The molecule has 0 radical (unpaired) electrons. The maximum absolute atomic E-state index is 11.7. The highest BCUT2D eigenvalue weighted by molar-refractivity contribution is 7.56. The predicted octanol–water partition coefficient (Wildman–Crippen LogP) is 10.7. The van der Waals surface area contributed by atoms with Crippen molar-refractivity contribution in [2.24, 2.45) is 0 Å². The summed E-state index contributed by atoms with van der Waals surface area (Å²) in [6.45, 7) is 0. The van der Waals surface area contributed by atoms with E-state index in [1.165, 1.54) is 14.6 Å². The van der Waals surface area contributed by atoms with Gasteiger partial charge in [0.05, 0.1) is 0 Å². The first-order chi connectivity index (χ1) is 24.6. The van der Waals surface area contributed by atoms with E-state index in [1.807, 2.05) is 72.8 Å². The third-order valence-electron chi connectivity index (χ3n) is 6.71. The molecule has 0 aliphatic carbocycles. The van der Waals surface area contributed by atoms with Gasteiger partial charge in [0.1, 0.15) is 17.2 Å². The average Bonchev–Trinajstić information content (AvgIpc) is 3.15. The summed E-state index contributed by atoms with van der Waals surface area (Å²) in [5.41, 5.74) is 0. The van der Waals surface area contributed by atoms with E-state index in [0.717, 1.165) is 0 Å². The van der Waals surface area contributed by atoms with Crippen LogP contribution in [0.25, 0.3) is 0 Å². The zero-order chi connectivity index (χ0) is 34.1. The molecule has 0 aliphatic rings. The number of rotatable bonds is 12. The van der Waals surface area contributed by atoms with Gasteiger partial charge in [-0.2, -0.15) is 0 Å². The highest BCUT2D eigenvalue weighted by atomic mass is 31.2. The molecule has 0 saturated carbocycles. The van der Waals surface area contributed by atoms with E-state index >= 15 is 0 Å². The molecule has 0 saturated heterocycles. The molecule has 7 aromatic rings. The van der Waals surface area contributed by atoms with Crippen LogP contribution in [0.3, 0.4) is 0 Å². The molecule has 0 amide bonds. The normalized spacial score (nSPS) is 11.4. The third kappa shape index (κ3) is 7.83. The summed E-state index contributed by atoms with van der Waals surface area (Å²) in [4.78, 5) is 12.6. The van der Waals surface area contributed by atoms with Crippen LogP contribution in [-0.4, -0.2) is 23.2 Å². The lowest BCUT2D eigenvalue weighted by atomic mass is 10.2. The molecule has 1 aromatic heterocycles. The van der Waals surface area contributed by atoms with E-state index in [9.17, 15) is 10.2 Å². The van der Waals surface area contributed by atoms with E-state index in [2.05, 4.69) is 0 Å². The van der Waals surface area contributed by atoms with Crippen molar-refractivity contribution in [1.29, 1.82) is 0 Å². The molecule has 7 rings (SSSR count). The summed E-state index contributed by atoms with van der Waals surface area (Å²) >= 11 is 0. The number of nitrogens with zero attached hydrogens (tertiary/aromatic N) is 3. The van der Waals surface area contributed by atoms with Crippen molar-refractivity contribution in [3.05, 3.63) is 158 Å². The Hall–Kier alpha value is -5.98. The second-order valence-electron chi connectivity index (χ2n) is 10.2. The SMILES string of the molecule is Oc1ccccc1On1p(Oc2ccc(Oc3ccccc3)c(Oc3ccccc3)c2O)npn(Oc2ccccc2)p1Oc1ccccc1. The van der Waals surface area contributed by atoms with Gasteiger partial charge in [0, 0.05) is 0 Å². The van der Waals surface area contributed by atoms with Crippen LogP contribution in [0.4, 0.5) is 0 Å². The lowest BCUT2D eigenvalue weighted by molar-refractivity contribution is 0.226. The fraction of sp³-hybridized carbons (Fsp3) is 0. The highest BCUT2D eigenvalue weighted by Crippen LogP contribution is 2.50. The van der Waals surface area contributed by atoms with Crippen LogP contribution in [0.2, 0.25) is 0 Å². The number of phenols is 2. The summed E-state index contributed by atoms with van der Waals surface area (Å²) in [6.07, 6.45) is 0. The standard InChI is InChI=1S/C36H28N3O8P3/c40-31-23-13-14-24-32(31)45-39-49(37-48-38(44-29-19-9-3-10-20-29)50(39)46-30-21-11-4-12-22-30)47-33-25-26-34(42-27-15-5-1-6-16-27)36(35(33)41)43-28-17-7-2-8-18-28/h1-26,40-41H. The Morgan fingerprint density at radius 1 is 0.500 bits per heavy atom. The van der Waals surface area contributed by atoms with Crippen molar-refractivity contribution in [2.75, 3.05) is 0 Å². The predicted molar refractivity (Wildman–Crippen MR) is 192 cm³/mol. The minimum absolute atomic E-state index is 0.0344. The van der Waals surface area contributed by atoms with Gasteiger partial charge in [0.15, 0.2) is 37.3 Å². The smallest absolute Gasteiger partial charge is 0.319 e. The van der Waals surface area contributed by atoms with Crippen molar-refractivity contribution >= 4 is 24.7 Å². The molecule has 2 atom stereocenters. The molecule has 0 aliphatic heterocycles. The van der Waals surface area contributed by atoms with E-state index < -0.39 is 16.2 Å². The average molecular weight is 724 g/mol. The van der Waals surface area contributed by atoms with Gasteiger partial charge >= 0.3 is 16.2 Å². The summed E-state index contributed by atoms with van der Waals surface area (Å²) in [5, 5.41) is 22.4. The molecule has 250 valence electrons. The Kier molecular flexibility index (Phi) is 10.1. The van der Waals surface area contributed by atoms with Gasteiger partial charge < -0.3 is 38.4 Å². The van der Waals surface area contributed by atoms with E-state index in [1.54, 1.807) is 78.9 Å². The number of aromatic nitrogens is 3. The number of hydrogen-bond donors (Lipinski definition) is 2. The van der Waals surface area contributed by atoms with E-state index in [-0.39, 0.29) is 34.5 Å². The quantitative estimate of drug-likeness (QED) is 0.127. The number of aromatic hydroxyl groups is 2. The molecule has 50 heavy (non-hydrogen) atoms. The topological polar surface area (TPSA) is 119 Å². The van der Waals surface area contributed by atoms with Gasteiger partial charge in [-0.05, 0) is 77.1 Å². The number of ether oxygens (including phenoxy) is 2. The van der Waals surface area contributed by atoms with Crippen molar-refractivity contribution < 1.29 is 38.4 Å². The van der Waals surface area contributed by atoms with Gasteiger partial charge in [0.25, 0.3) is 0 Å². The molecular weight excluding hydrogens is 695 g/mol. The first-order valence-corrected chi connectivity index (χ1v) is 18.3. The second-order valence-corrected chi connectivity index (χ2v) is 14.6. The number of benzene rings is 6. The molecule has 2 N–H and O–H groups in total. The van der Waals surface area contributed by atoms with Crippen LogP contribution in [-0.2, 0) is 0 Å². The first kappa shape index (κ1) is 32.6. The van der Waals surface area contributed by atoms with Crippen LogP contribution in [0.15, 0.2) is 158 Å². The number of para-hydroxylation sites is 6. The Balaban J connectivity index is 1.35. The zero-order valence-electron chi connectivity index (χ0n) is 26.0. The number of phenolic OH excluding ortho intramolecular Hbond substituents is 2. The molecular formula is C36H28N3O8P3. The van der Waals surface area contributed by atoms with Crippen LogP contribution >= 0.6 is 24.7 Å². The maximum atomic E-state index is 11.7. The number of hydrogen-bond acceptors (Lipinski definition) is 9. The van der Waals surface area contributed by atoms with Crippen molar-refractivity contribution in [3.8, 4) is 57.5 Å². The minimum Gasteiger partial charge on any atom is -0.504 e. The summed E-state index contributed by atoms with van der Waals surface area (Å²) in [5.74, 6) is 2.13. The Bertz CT molecular complexity index is 2210. The largest absolute Gasteiger partial charge is 0.504 e. The summed E-state index contributed by atoms with van der Waals surface area (Å²) < 4.78 is 32.9. The highest BCUT2D eigenvalue weighted by Gasteiger charge is 2.25. The fourth-order valence-electron chi connectivity index (χ4n) is 4.38. The van der Waals surface area contributed by atoms with Gasteiger partial charge in [-0.25, -0.2) is 0 Å². The zero-order valence-corrected chi connectivity index (χ0v) is 28.7. The minimum atomic E-state index is -2.09. The van der Waals surface area contributed by atoms with Crippen LogP contribution in [0, 0.1) is 0 Å². The Morgan fingerprint density at radius 2 is 1.04 bits per heavy atom. The lowest BCUT2D eigenvalue weighted by Crippen LogP contribution is -2.14. The Labute approximate surface area is 290 Å². The fourth-order valence-corrected chi connectivity index (χ4v) is 9.33. The van der Waals surface area contributed by atoms with Crippen LogP contribution in [0.5, 0.6) is 57.5 Å². The van der Waals surface area contributed by atoms with E-state index in [4.69, 9.17) is 32.7 Å². The van der Waals surface area contributed by atoms with Crippen molar-refractivity contribution in [1.82, 2.24) is 13.0 Å². The molecule has 2 unspecified atom stereocenters. The van der Waals surface area contributed by atoms with Gasteiger partial charge in [-0.1, -0.05) is 89.2 Å². The molecule has 6 aromatic carbocycles. The third-order valence-corrected chi connectivity index (χ3v) is 11.4. The first-order valence-electron chi connectivity index (χ1n) is 15.1. The maximum Gasteiger partial charge on any atom is 0.319 e. The molecule has 0 bridgehead atoms. The van der Waals surface area contributed by atoms with Crippen molar-refractivity contribution in [2.45, 2.75) is 0 Å². The molecule has 1 heterocycles. The van der Waals surface area contributed by atoms with Crippen LogP contribution < -0.4 is 28.2 Å². The summed E-state index contributed by atoms with van der Waals surface area (Å²) in [6, 6.07) is 46.2. The lowest BCUT2D eigenvalue weighted by Gasteiger charge is -2.21. The van der Waals surface area contributed by atoms with Crippen LogP contribution in [0.1, 0.15) is 0 Å². The Morgan fingerprint density at radius 3 is 1.68 bits per heavy atom. The molecule has 0 spiro atoms. The second kappa shape index (κ2) is 15.5.